The number of hydrogen-bond acceptors (Lipinski definition) is 3. The van der Waals surface area contributed by atoms with Crippen molar-refractivity contribution in [2.75, 3.05) is 13.7 Å². The number of benzene rings is 1. The Morgan fingerprint density at radius 2 is 1.58 bits per heavy atom. The molecule has 0 bridgehead atoms. The molecule has 0 radical (unpaired) electrons. The van der Waals surface area contributed by atoms with Crippen LogP contribution in [0.15, 0.2) is 41.5 Å². The van der Waals surface area contributed by atoms with Crippen LogP contribution in [0.3, 0.4) is 0 Å². The molecule has 1 aromatic rings. The van der Waals surface area contributed by atoms with Gasteiger partial charge >= 0.3 is 0 Å². The number of carbonyl (C=O) groups is 2. The third-order valence-corrected chi connectivity index (χ3v) is 3.42. The van der Waals surface area contributed by atoms with Gasteiger partial charge in [0.1, 0.15) is 0 Å². The summed E-state index contributed by atoms with van der Waals surface area (Å²) >= 11 is 0. The fourth-order valence-corrected chi connectivity index (χ4v) is 2.39. The molecule has 3 heteroatoms. The molecule has 0 N–H and O–H groups in total. The van der Waals surface area contributed by atoms with Gasteiger partial charge in [-0.25, -0.2) is 0 Å². The zero-order valence-corrected chi connectivity index (χ0v) is 11.1. The lowest BCUT2D eigenvalue weighted by Gasteiger charge is -2.05. The van der Waals surface area contributed by atoms with Crippen LogP contribution in [0.5, 0.6) is 0 Å². The number of methoxy groups -OCH3 is 1. The van der Waals surface area contributed by atoms with Crippen molar-refractivity contribution in [3.63, 3.8) is 0 Å². The first-order chi connectivity index (χ1) is 9.22. The lowest BCUT2D eigenvalue weighted by molar-refractivity contribution is -0.121. The second kappa shape index (κ2) is 6.43. The fourth-order valence-electron chi connectivity index (χ4n) is 2.39. The molecule has 100 valence electrons. The number of Topliss-reactive ketones (excluding diaryl/α,β-unsaturated/α-hetero) is 2. The van der Waals surface area contributed by atoms with E-state index in [1.807, 2.05) is 30.3 Å². The maximum atomic E-state index is 11.9. The number of carbonyl (C=O) groups excluding carboxylic acids is 2. The number of aryl methyl sites for hydroxylation is 1. The van der Waals surface area contributed by atoms with Gasteiger partial charge < -0.3 is 4.74 Å². The molecule has 1 aliphatic rings. The number of hydrogen-bond donors (Lipinski definition) is 0. The van der Waals surface area contributed by atoms with E-state index >= 15 is 0 Å². The first-order valence-corrected chi connectivity index (χ1v) is 6.53. The molecule has 0 aliphatic heterocycles. The van der Waals surface area contributed by atoms with Crippen molar-refractivity contribution in [3.05, 3.63) is 47.0 Å². The van der Waals surface area contributed by atoms with Crippen LogP contribution in [0.25, 0.3) is 0 Å². The normalized spacial score (nSPS) is 15.4. The lowest BCUT2D eigenvalue weighted by Crippen LogP contribution is -2.01. The molecule has 0 amide bonds. The monoisotopic (exact) mass is 258 g/mol. The average molecular weight is 258 g/mol. The molecule has 0 aromatic heterocycles. The Kier molecular flexibility index (Phi) is 4.63. The van der Waals surface area contributed by atoms with Crippen molar-refractivity contribution >= 4 is 11.6 Å². The van der Waals surface area contributed by atoms with E-state index in [9.17, 15) is 9.59 Å². The zero-order valence-electron chi connectivity index (χ0n) is 11.1. The van der Waals surface area contributed by atoms with Gasteiger partial charge in [-0.15, -0.1) is 0 Å². The summed E-state index contributed by atoms with van der Waals surface area (Å²) in [6, 6.07) is 10.0. The van der Waals surface area contributed by atoms with Crippen LogP contribution in [0.2, 0.25) is 0 Å². The summed E-state index contributed by atoms with van der Waals surface area (Å²) in [5, 5.41) is 0. The highest BCUT2D eigenvalue weighted by Gasteiger charge is 2.29. The average Bonchev–Trinajstić information content (AvgIpc) is 2.69. The predicted molar refractivity (Wildman–Crippen MR) is 72.9 cm³/mol. The molecule has 0 saturated carbocycles. The quantitative estimate of drug-likeness (QED) is 0.736. The molecule has 0 heterocycles. The molecule has 2 rings (SSSR count). The van der Waals surface area contributed by atoms with Gasteiger partial charge in [-0.1, -0.05) is 30.3 Å². The SMILES string of the molecule is COCCC1=C(CCc2ccccc2)C(=O)CC1=O. The highest BCUT2D eigenvalue weighted by atomic mass is 16.5. The molecule has 3 nitrogen and oxygen atoms in total. The van der Waals surface area contributed by atoms with Gasteiger partial charge in [-0.05, 0) is 24.8 Å². The Morgan fingerprint density at radius 3 is 2.21 bits per heavy atom. The summed E-state index contributed by atoms with van der Waals surface area (Å²) in [6.45, 7) is 0.489. The molecule has 0 spiro atoms. The Hall–Kier alpha value is -1.74. The molecule has 0 fully saturated rings. The van der Waals surface area contributed by atoms with Crippen molar-refractivity contribution in [1.82, 2.24) is 0 Å². The first kappa shape index (κ1) is 13.7. The van der Waals surface area contributed by atoms with Crippen molar-refractivity contribution in [3.8, 4) is 0 Å². The van der Waals surface area contributed by atoms with E-state index in [2.05, 4.69) is 0 Å². The summed E-state index contributed by atoms with van der Waals surface area (Å²) in [4.78, 5) is 23.6. The minimum atomic E-state index is -0.0230. The lowest BCUT2D eigenvalue weighted by atomic mass is 10.00. The van der Waals surface area contributed by atoms with Crippen molar-refractivity contribution in [2.24, 2.45) is 0 Å². The second-order valence-electron chi connectivity index (χ2n) is 4.71. The van der Waals surface area contributed by atoms with E-state index in [4.69, 9.17) is 4.74 Å². The van der Waals surface area contributed by atoms with Gasteiger partial charge in [-0.2, -0.15) is 0 Å². The molecule has 0 unspecified atom stereocenters. The topological polar surface area (TPSA) is 43.4 Å². The minimum Gasteiger partial charge on any atom is -0.384 e. The van der Waals surface area contributed by atoms with Gasteiger partial charge in [-0.3, -0.25) is 9.59 Å². The fraction of sp³-hybridized carbons (Fsp3) is 0.375. The smallest absolute Gasteiger partial charge is 0.167 e. The predicted octanol–water partition coefficient (Wildman–Crippen LogP) is 2.49. The molecule has 19 heavy (non-hydrogen) atoms. The maximum Gasteiger partial charge on any atom is 0.167 e. The Bertz CT molecular complexity index is 500. The molecule has 1 aliphatic carbocycles. The summed E-state index contributed by atoms with van der Waals surface area (Å²) in [5.41, 5.74) is 2.59. The molecule has 0 atom stereocenters. The summed E-state index contributed by atoms with van der Waals surface area (Å²) in [6.07, 6.45) is 2.04. The van der Waals surface area contributed by atoms with Crippen LogP contribution >= 0.6 is 0 Å². The number of ketones is 2. The van der Waals surface area contributed by atoms with E-state index in [0.717, 1.165) is 6.42 Å². The maximum absolute atomic E-state index is 11.9. The van der Waals surface area contributed by atoms with Gasteiger partial charge in [0.2, 0.25) is 0 Å². The summed E-state index contributed by atoms with van der Waals surface area (Å²) in [7, 11) is 1.60. The molecule has 1 aromatic carbocycles. The van der Waals surface area contributed by atoms with Crippen LogP contribution < -0.4 is 0 Å². The molecular weight excluding hydrogens is 240 g/mol. The Morgan fingerprint density at radius 1 is 0.947 bits per heavy atom. The van der Waals surface area contributed by atoms with Gasteiger partial charge in [0, 0.05) is 18.3 Å². The minimum absolute atomic E-state index is 0.00738. The van der Waals surface area contributed by atoms with Crippen LogP contribution in [-0.2, 0) is 20.7 Å². The van der Waals surface area contributed by atoms with Crippen molar-refractivity contribution in [1.29, 1.82) is 0 Å². The number of rotatable bonds is 6. The molecule has 0 saturated heterocycles. The third kappa shape index (κ3) is 3.38. The van der Waals surface area contributed by atoms with Crippen LogP contribution in [0, 0.1) is 0 Å². The largest absolute Gasteiger partial charge is 0.384 e. The second-order valence-corrected chi connectivity index (χ2v) is 4.71. The van der Waals surface area contributed by atoms with E-state index < -0.39 is 0 Å². The van der Waals surface area contributed by atoms with E-state index in [1.165, 1.54) is 5.56 Å². The van der Waals surface area contributed by atoms with E-state index in [-0.39, 0.29) is 18.0 Å². The standard InChI is InChI=1S/C16H18O3/c1-19-10-9-14-13(15(17)11-16(14)18)8-7-12-5-3-2-4-6-12/h2-6H,7-11H2,1H3. The van der Waals surface area contributed by atoms with E-state index in [0.29, 0.717) is 30.6 Å². The van der Waals surface area contributed by atoms with Gasteiger partial charge in [0.05, 0.1) is 13.0 Å². The first-order valence-electron chi connectivity index (χ1n) is 6.53. The zero-order chi connectivity index (χ0) is 13.7. The molecular formula is C16H18O3. The van der Waals surface area contributed by atoms with Crippen LogP contribution in [0.4, 0.5) is 0 Å². The van der Waals surface area contributed by atoms with Gasteiger partial charge in [0.25, 0.3) is 0 Å². The summed E-state index contributed by atoms with van der Waals surface area (Å²) in [5.74, 6) is -0.0304. The van der Waals surface area contributed by atoms with Crippen LogP contribution in [0.1, 0.15) is 24.8 Å². The highest BCUT2D eigenvalue weighted by Crippen LogP contribution is 2.26. The third-order valence-electron chi connectivity index (χ3n) is 3.42. The van der Waals surface area contributed by atoms with Crippen molar-refractivity contribution in [2.45, 2.75) is 25.7 Å². The Labute approximate surface area is 113 Å². The van der Waals surface area contributed by atoms with Crippen LogP contribution in [-0.4, -0.2) is 25.3 Å². The number of allylic oxidation sites excluding steroid dienone is 1. The van der Waals surface area contributed by atoms with Crippen molar-refractivity contribution < 1.29 is 14.3 Å². The Balaban J connectivity index is 2.08. The number of ether oxygens (including phenoxy) is 1. The van der Waals surface area contributed by atoms with Gasteiger partial charge in [0.15, 0.2) is 11.6 Å². The summed E-state index contributed by atoms with van der Waals surface area (Å²) < 4.78 is 5.00. The van der Waals surface area contributed by atoms with E-state index in [1.54, 1.807) is 7.11 Å². The highest BCUT2D eigenvalue weighted by molar-refractivity contribution is 6.22.